The monoisotopic (exact) mass is 297 g/mol. The van der Waals surface area contributed by atoms with E-state index in [4.69, 9.17) is 9.47 Å². The van der Waals surface area contributed by atoms with E-state index in [1.165, 1.54) is 13.2 Å². The number of ether oxygens (including phenoxy) is 2. The van der Waals surface area contributed by atoms with Gasteiger partial charge in [-0.05, 0) is 50.8 Å². The van der Waals surface area contributed by atoms with E-state index >= 15 is 0 Å². The number of halogens is 1. The van der Waals surface area contributed by atoms with Crippen molar-refractivity contribution in [1.82, 2.24) is 5.32 Å². The fourth-order valence-corrected chi connectivity index (χ4v) is 2.26. The summed E-state index contributed by atoms with van der Waals surface area (Å²) in [7, 11) is 3.07. The maximum atomic E-state index is 14.4. The van der Waals surface area contributed by atoms with Crippen LogP contribution in [-0.2, 0) is 5.41 Å². The summed E-state index contributed by atoms with van der Waals surface area (Å²) in [5.41, 5.74) is 0.421. The van der Waals surface area contributed by atoms with Gasteiger partial charge in [-0.3, -0.25) is 0 Å². The van der Waals surface area contributed by atoms with Crippen LogP contribution in [0.5, 0.6) is 11.5 Å². The second-order valence-electron chi connectivity index (χ2n) is 7.00. The summed E-state index contributed by atoms with van der Waals surface area (Å²) in [6.45, 7) is 11.3. The molecule has 3 nitrogen and oxygen atoms in total. The van der Waals surface area contributed by atoms with E-state index in [1.54, 1.807) is 13.2 Å². The molecule has 0 amide bonds. The molecule has 0 fully saturated rings. The number of nitrogens with one attached hydrogen (secondary N) is 1. The van der Waals surface area contributed by atoms with E-state index in [-0.39, 0.29) is 16.8 Å². The molecule has 0 bridgehead atoms. The highest BCUT2D eigenvalue weighted by Gasteiger charge is 2.26. The quantitative estimate of drug-likeness (QED) is 0.864. The van der Waals surface area contributed by atoms with Crippen molar-refractivity contribution in [2.45, 2.75) is 52.0 Å². The van der Waals surface area contributed by atoms with Gasteiger partial charge in [0.1, 0.15) is 5.82 Å². The molecule has 1 aromatic rings. The van der Waals surface area contributed by atoms with Gasteiger partial charge >= 0.3 is 0 Å². The fraction of sp³-hybridized carbons (Fsp3) is 0.647. The third-order valence-electron chi connectivity index (χ3n) is 3.61. The van der Waals surface area contributed by atoms with Gasteiger partial charge in [0.05, 0.1) is 14.2 Å². The Morgan fingerprint density at radius 3 is 2.00 bits per heavy atom. The molecule has 1 aromatic carbocycles. The summed E-state index contributed by atoms with van der Waals surface area (Å²) in [6.07, 6.45) is 0.830. The molecule has 0 radical (unpaired) electrons. The second kappa shape index (κ2) is 6.65. The minimum absolute atomic E-state index is 0.0617. The molecular formula is C17H28FNO2. The average Bonchev–Trinajstić information content (AvgIpc) is 2.36. The molecule has 0 aromatic heterocycles. The van der Waals surface area contributed by atoms with Crippen LogP contribution >= 0.6 is 0 Å². The largest absolute Gasteiger partial charge is 0.493 e. The van der Waals surface area contributed by atoms with Gasteiger partial charge < -0.3 is 14.8 Å². The zero-order chi connectivity index (χ0) is 16.3. The Labute approximate surface area is 127 Å². The topological polar surface area (TPSA) is 30.5 Å². The van der Waals surface area contributed by atoms with Crippen LogP contribution in [0.4, 0.5) is 4.39 Å². The SMILES string of the molecule is COc1cc(F)c(C(C)(C)CCNC(C)(C)C)cc1OC. The molecule has 0 aliphatic heterocycles. The molecule has 21 heavy (non-hydrogen) atoms. The summed E-state index contributed by atoms with van der Waals surface area (Å²) >= 11 is 0. The molecule has 0 saturated carbocycles. The molecule has 0 aliphatic carbocycles. The Kier molecular flexibility index (Phi) is 5.62. The van der Waals surface area contributed by atoms with Crippen LogP contribution in [0.15, 0.2) is 12.1 Å². The summed E-state index contributed by atoms with van der Waals surface area (Å²) in [5.74, 6) is 0.724. The van der Waals surface area contributed by atoms with Crippen molar-refractivity contribution < 1.29 is 13.9 Å². The molecule has 120 valence electrons. The van der Waals surface area contributed by atoms with Gasteiger partial charge in [0, 0.05) is 11.6 Å². The van der Waals surface area contributed by atoms with Gasteiger partial charge in [-0.15, -0.1) is 0 Å². The summed E-state index contributed by atoms with van der Waals surface area (Å²) in [5, 5.41) is 3.44. The van der Waals surface area contributed by atoms with E-state index < -0.39 is 0 Å². The van der Waals surface area contributed by atoms with E-state index in [2.05, 4.69) is 26.1 Å². The number of rotatable bonds is 6. The van der Waals surface area contributed by atoms with Crippen molar-refractivity contribution in [1.29, 1.82) is 0 Å². The maximum Gasteiger partial charge on any atom is 0.163 e. The summed E-state index contributed by atoms with van der Waals surface area (Å²) in [6, 6.07) is 3.14. The molecule has 0 unspecified atom stereocenters. The number of methoxy groups -OCH3 is 2. The predicted octanol–water partition coefficient (Wildman–Crippen LogP) is 3.90. The van der Waals surface area contributed by atoms with Crippen molar-refractivity contribution in [3.05, 3.63) is 23.5 Å². The van der Waals surface area contributed by atoms with Crippen molar-refractivity contribution in [3.63, 3.8) is 0 Å². The van der Waals surface area contributed by atoms with Gasteiger partial charge in [-0.25, -0.2) is 4.39 Å². The van der Waals surface area contributed by atoms with Crippen molar-refractivity contribution >= 4 is 0 Å². The van der Waals surface area contributed by atoms with Crippen LogP contribution < -0.4 is 14.8 Å². The Balaban J connectivity index is 2.96. The standard InChI is InChI=1S/C17H28FNO2/c1-16(2,3)19-9-8-17(4,5)12-10-14(20-6)15(21-7)11-13(12)18/h10-11,19H,8-9H2,1-7H3. The van der Waals surface area contributed by atoms with Crippen molar-refractivity contribution in [2.75, 3.05) is 20.8 Å². The van der Waals surface area contributed by atoms with Crippen LogP contribution in [0.2, 0.25) is 0 Å². The second-order valence-corrected chi connectivity index (χ2v) is 7.00. The predicted molar refractivity (Wildman–Crippen MR) is 84.9 cm³/mol. The number of benzene rings is 1. The Bertz CT molecular complexity index is 478. The lowest BCUT2D eigenvalue weighted by Gasteiger charge is -2.29. The Morgan fingerprint density at radius 1 is 1.00 bits per heavy atom. The van der Waals surface area contributed by atoms with E-state index in [0.29, 0.717) is 17.1 Å². The summed E-state index contributed by atoms with van der Waals surface area (Å²) < 4.78 is 24.8. The van der Waals surface area contributed by atoms with Gasteiger partial charge in [0.2, 0.25) is 0 Å². The third kappa shape index (κ3) is 4.88. The molecular weight excluding hydrogens is 269 g/mol. The first-order valence-electron chi connectivity index (χ1n) is 7.28. The first-order chi connectivity index (χ1) is 9.60. The molecule has 0 atom stereocenters. The average molecular weight is 297 g/mol. The van der Waals surface area contributed by atoms with E-state index in [9.17, 15) is 4.39 Å². The van der Waals surface area contributed by atoms with Crippen LogP contribution in [0.3, 0.4) is 0 Å². The first kappa shape index (κ1) is 17.8. The highest BCUT2D eigenvalue weighted by Crippen LogP contribution is 2.37. The molecule has 0 aliphatic rings. The highest BCUT2D eigenvalue weighted by molar-refractivity contribution is 5.45. The van der Waals surface area contributed by atoms with Crippen molar-refractivity contribution in [2.24, 2.45) is 0 Å². The molecule has 1 N–H and O–H groups in total. The first-order valence-corrected chi connectivity index (χ1v) is 7.28. The lowest BCUT2D eigenvalue weighted by molar-refractivity contribution is 0.344. The molecule has 0 heterocycles. The third-order valence-corrected chi connectivity index (χ3v) is 3.61. The number of hydrogen-bond acceptors (Lipinski definition) is 3. The van der Waals surface area contributed by atoms with Crippen LogP contribution in [-0.4, -0.2) is 26.3 Å². The van der Waals surface area contributed by atoms with Gasteiger partial charge in [0.25, 0.3) is 0 Å². The fourth-order valence-electron chi connectivity index (χ4n) is 2.26. The smallest absolute Gasteiger partial charge is 0.163 e. The lowest BCUT2D eigenvalue weighted by atomic mass is 9.81. The normalized spacial score (nSPS) is 12.4. The van der Waals surface area contributed by atoms with E-state index in [0.717, 1.165) is 13.0 Å². The maximum absolute atomic E-state index is 14.4. The van der Waals surface area contributed by atoms with Crippen molar-refractivity contribution in [3.8, 4) is 11.5 Å². The Hall–Kier alpha value is -1.29. The summed E-state index contributed by atoms with van der Waals surface area (Å²) in [4.78, 5) is 0. The van der Waals surface area contributed by atoms with Gasteiger partial charge in [-0.1, -0.05) is 13.8 Å². The molecule has 0 saturated heterocycles. The number of hydrogen-bond donors (Lipinski definition) is 1. The molecule has 4 heteroatoms. The molecule has 1 rings (SSSR count). The van der Waals surface area contributed by atoms with Crippen LogP contribution in [0.25, 0.3) is 0 Å². The van der Waals surface area contributed by atoms with Gasteiger partial charge in [0.15, 0.2) is 11.5 Å². The Morgan fingerprint density at radius 2 is 1.52 bits per heavy atom. The highest BCUT2D eigenvalue weighted by atomic mass is 19.1. The zero-order valence-corrected chi connectivity index (χ0v) is 14.3. The zero-order valence-electron chi connectivity index (χ0n) is 14.3. The van der Waals surface area contributed by atoms with E-state index in [1.807, 2.05) is 13.8 Å². The lowest BCUT2D eigenvalue weighted by Crippen LogP contribution is -2.38. The molecule has 0 spiro atoms. The van der Waals surface area contributed by atoms with Gasteiger partial charge in [-0.2, -0.15) is 0 Å². The minimum Gasteiger partial charge on any atom is -0.493 e. The van der Waals surface area contributed by atoms with Crippen LogP contribution in [0, 0.1) is 5.82 Å². The van der Waals surface area contributed by atoms with Crippen LogP contribution in [0.1, 0.15) is 46.6 Å². The minimum atomic E-state index is -0.290.